The van der Waals surface area contributed by atoms with Gasteiger partial charge in [-0.1, -0.05) is 17.7 Å². The van der Waals surface area contributed by atoms with Crippen molar-refractivity contribution in [2.75, 3.05) is 24.3 Å². The third kappa shape index (κ3) is 6.62. The highest BCUT2D eigenvalue weighted by Gasteiger charge is 2.11. The number of urea groups is 1. The second kappa shape index (κ2) is 11.2. The lowest BCUT2D eigenvalue weighted by molar-refractivity contribution is 0.257. The molecule has 4 rings (SSSR count). The van der Waals surface area contributed by atoms with Crippen LogP contribution in [-0.4, -0.2) is 33.9 Å². The number of fused-ring (bicyclic) bond motifs is 1. The standard InChI is InChI=1S/C11H8ClFN2O2S2.C11H13N3O/c12-9-4-5-10(18-9)19(17)15-11(16)14-8-3-1-2-7(13)6-8;1-13(2)8-4-5-9-10(6-8)12-7-14(3)11(9)15/h1-6H,(H2,14,15,16);4-7H,1-3H3. The first-order chi connectivity index (χ1) is 16.1. The SMILES string of the molecule is CN(C)c1ccc2c(=O)n(C)cnc2c1.O=C(Nc1cccc(F)c1)NS(=O)c1ccc(Cl)s1. The highest BCUT2D eigenvalue weighted by atomic mass is 35.5. The summed E-state index contributed by atoms with van der Waals surface area (Å²) in [6, 6.07) is 13.5. The van der Waals surface area contributed by atoms with Crippen LogP contribution in [0.25, 0.3) is 10.9 Å². The van der Waals surface area contributed by atoms with Gasteiger partial charge in [-0.05, 0) is 48.5 Å². The van der Waals surface area contributed by atoms with E-state index in [2.05, 4.69) is 15.0 Å². The smallest absolute Gasteiger partial charge is 0.331 e. The molecule has 0 fully saturated rings. The fourth-order valence-electron chi connectivity index (χ4n) is 2.73. The lowest BCUT2D eigenvalue weighted by atomic mass is 10.2. The van der Waals surface area contributed by atoms with Gasteiger partial charge < -0.3 is 14.8 Å². The quantitative estimate of drug-likeness (QED) is 0.415. The first-order valence-electron chi connectivity index (χ1n) is 9.77. The number of halogens is 2. The molecule has 0 aliphatic carbocycles. The number of aromatic nitrogens is 2. The molecule has 2 aromatic heterocycles. The number of carbonyl (C=O) groups excluding carboxylic acids is 1. The van der Waals surface area contributed by atoms with Crippen LogP contribution in [0.15, 0.2) is 69.9 Å². The van der Waals surface area contributed by atoms with Gasteiger partial charge in [0.2, 0.25) is 0 Å². The monoisotopic (exact) mass is 521 g/mol. The Bertz CT molecular complexity index is 1410. The minimum absolute atomic E-state index is 0.00898. The normalized spacial score (nSPS) is 11.3. The summed E-state index contributed by atoms with van der Waals surface area (Å²) >= 11 is 6.81. The van der Waals surface area contributed by atoms with Crippen molar-refractivity contribution < 1.29 is 13.4 Å². The molecule has 34 heavy (non-hydrogen) atoms. The van der Waals surface area contributed by atoms with Gasteiger partial charge in [0.05, 0.1) is 21.6 Å². The number of hydrogen-bond donors (Lipinski definition) is 2. The Balaban J connectivity index is 0.000000196. The highest BCUT2D eigenvalue weighted by Crippen LogP contribution is 2.23. The Morgan fingerprint density at radius 2 is 1.94 bits per heavy atom. The van der Waals surface area contributed by atoms with Gasteiger partial charge in [-0.15, -0.1) is 11.3 Å². The second-order valence-electron chi connectivity index (χ2n) is 7.15. The molecule has 178 valence electrons. The molecule has 0 bridgehead atoms. The molecule has 0 saturated carbocycles. The highest BCUT2D eigenvalue weighted by molar-refractivity contribution is 7.86. The molecule has 12 heteroatoms. The number of nitrogens with one attached hydrogen (secondary N) is 2. The molecule has 2 N–H and O–H groups in total. The molecule has 0 aliphatic rings. The van der Waals surface area contributed by atoms with Gasteiger partial charge in [-0.2, -0.15) is 0 Å². The van der Waals surface area contributed by atoms with Gasteiger partial charge in [0.15, 0.2) is 11.0 Å². The van der Waals surface area contributed by atoms with E-state index in [1.165, 1.54) is 22.8 Å². The van der Waals surface area contributed by atoms with Crippen LogP contribution in [0.4, 0.5) is 20.6 Å². The van der Waals surface area contributed by atoms with Crippen LogP contribution in [0.5, 0.6) is 0 Å². The van der Waals surface area contributed by atoms with E-state index < -0.39 is 22.8 Å². The van der Waals surface area contributed by atoms with E-state index in [0.717, 1.165) is 28.6 Å². The molecule has 0 saturated heterocycles. The van der Waals surface area contributed by atoms with Crippen molar-refractivity contribution in [3.05, 3.63) is 81.4 Å². The van der Waals surface area contributed by atoms with Crippen molar-refractivity contribution >= 4 is 62.2 Å². The fourth-order valence-corrected chi connectivity index (χ4v) is 4.85. The maximum absolute atomic E-state index is 12.9. The molecule has 2 heterocycles. The summed E-state index contributed by atoms with van der Waals surface area (Å²) in [5.41, 5.74) is 2.05. The molecule has 1 atom stereocenters. The van der Waals surface area contributed by atoms with E-state index in [1.54, 1.807) is 25.5 Å². The lowest BCUT2D eigenvalue weighted by Crippen LogP contribution is -2.30. The molecule has 0 spiro atoms. The zero-order chi connectivity index (χ0) is 24.8. The number of anilines is 2. The van der Waals surface area contributed by atoms with Gasteiger partial charge in [0, 0.05) is 32.5 Å². The topological polar surface area (TPSA) is 96.3 Å². The number of nitrogens with zero attached hydrogens (tertiary/aromatic N) is 3. The predicted octanol–water partition coefficient (Wildman–Crippen LogP) is 4.38. The van der Waals surface area contributed by atoms with Gasteiger partial charge in [-0.3, -0.25) is 9.52 Å². The Morgan fingerprint density at radius 3 is 2.59 bits per heavy atom. The van der Waals surface area contributed by atoms with Crippen LogP contribution in [0.3, 0.4) is 0 Å². The van der Waals surface area contributed by atoms with Gasteiger partial charge in [-0.25, -0.2) is 18.4 Å². The molecule has 4 aromatic rings. The van der Waals surface area contributed by atoms with Gasteiger partial charge in [0.25, 0.3) is 5.56 Å². The van der Waals surface area contributed by atoms with E-state index in [0.29, 0.717) is 13.9 Å². The van der Waals surface area contributed by atoms with E-state index in [4.69, 9.17) is 11.6 Å². The zero-order valence-corrected chi connectivity index (χ0v) is 20.8. The minimum atomic E-state index is -1.69. The Labute approximate surface area is 206 Å². The van der Waals surface area contributed by atoms with Crippen molar-refractivity contribution in [1.82, 2.24) is 14.3 Å². The lowest BCUT2D eigenvalue weighted by Gasteiger charge is -2.12. The summed E-state index contributed by atoms with van der Waals surface area (Å²) in [5, 5.41) is 3.04. The van der Waals surface area contributed by atoms with Crippen molar-refractivity contribution in [2.24, 2.45) is 7.05 Å². The third-order valence-corrected chi connectivity index (χ3v) is 7.02. The average molecular weight is 522 g/mol. The molecular formula is C22H21ClFN5O3S2. The molecule has 2 aromatic carbocycles. The Hall–Kier alpha value is -3.28. The van der Waals surface area contributed by atoms with Crippen molar-refractivity contribution in [1.29, 1.82) is 0 Å². The first-order valence-corrected chi connectivity index (χ1v) is 12.1. The third-order valence-electron chi connectivity index (χ3n) is 4.42. The van der Waals surface area contributed by atoms with Crippen molar-refractivity contribution in [3.8, 4) is 0 Å². The number of rotatable bonds is 4. The van der Waals surface area contributed by atoms with E-state index in [1.807, 2.05) is 37.2 Å². The van der Waals surface area contributed by atoms with Crippen LogP contribution in [0, 0.1) is 5.82 Å². The van der Waals surface area contributed by atoms with Gasteiger partial charge in [0.1, 0.15) is 10.0 Å². The van der Waals surface area contributed by atoms with E-state index in [9.17, 15) is 18.2 Å². The molecule has 8 nitrogen and oxygen atoms in total. The maximum Gasteiger partial charge on any atom is 0.331 e. The van der Waals surface area contributed by atoms with Crippen LogP contribution in [0.1, 0.15) is 0 Å². The number of amides is 2. The summed E-state index contributed by atoms with van der Waals surface area (Å²) in [6.07, 6.45) is 1.55. The summed E-state index contributed by atoms with van der Waals surface area (Å²) in [6.45, 7) is 0. The average Bonchev–Trinajstić information content (AvgIpc) is 3.23. The van der Waals surface area contributed by atoms with E-state index in [-0.39, 0.29) is 11.2 Å². The summed E-state index contributed by atoms with van der Waals surface area (Å²) in [7, 11) is 3.93. The molecule has 1 unspecified atom stereocenters. The summed E-state index contributed by atoms with van der Waals surface area (Å²) in [4.78, 5) is 29.5. The molecule has 0 aliphatic heterocycles. The Kier molecular flexibility index (Phi) is 8.37. The number of aryl methyl sites for hydroxylation is 1. The zero-order valence-electron chi connectivity index (χ0n) is 18.4. The van der Waals surface area contributed by atoms with Crippen LogP contribution >= 0.6 is 22.9 Å². The summed E-state index contributed by atoms with van der Waals surface area (Å²) < 4.78 is 29.3. The fraction of sp³-hybridized carbons (Fsp3) is 0.136. The largest absolute Gasteiger partial charge is 0.378 e. The number of benzene rings is 2. The van der Waals surface area contributed by atoms with Gasteiger partial charge >= 0.3 is 6.03 Å². The molecule has 2 amide bonds. The number of thiophene rings is 1. The number of carbonyl (C=O) groups is 1. The Morgan fingerprint density at radius 1 is 1.18 bits per heavy atom. The van der Waals surface area contributed by atoms with E-state index >= 15 is 0 Å². The van der Waals surface area contributed by atoms with Crippen LogP contribution < -0.4 is 20.5 Å². The van der Waals surface area contributed by atoms with Crippen LogP contribution in [-0.2, 0) is 18.0 Å². The minimum Gasteiger partial charge on any atom is -0.378 e. The second-order valence-corrected chi connectivity index (χ2v) is 10.3. The summed E-state index contributed by atoms with van der Waals surface area (Å²) in [5.74, 6) is -0.469. The van der Waals surface area contributed by atoms with Crippen molar-refractivity contribution in [3.63, 3.8) is 0 Å². The first kappa shape index (κ1) is 25.3. The molecule has 0 radical (unpaired) electrons. The van der Waals surface area contributed by atoms with Crippen LogP contribution in [0.2, 0.25) is 4.34 Å². The van der Waals surface area contributed by atoms with Crippen molar-refractivity contribution in [2.45, 2.75) is 4.21 Å². The molecular weight excluding hydrogens is 501 g/mol. The maximum atomic E-state index is 12.9. The number of hydrogen-bond acceptors (Lipinski definition) is 6. The predicted molar refractivity (Wildman–Crippen MR) is 136 cm³/mol.